The molecule has 3 aromatic rings. The van der Waals surface area contributed by atoms with E-state index in [0.29, 0.717) is 24.1 Å². The van der Waals surface area contributed by atoms with E-state index in [1.54, 1.807) is 12.5 Å². The summed E-state index contributed by atoms with van der Waals surface area (Å²) in [6.07, 6.45) is 5.27. The Balaban J connectivity index is 1.95. The largest absolute Gasteiger partial charge is 0.354 e. The Hall–Kier alpha value is -2.90. The first kappa shape index (κ1) is 13.1. The summed E-state index contributed by atoms with van der Waals surface area (Å²) in [4.78, 5) is 21.3. The molecule has 0 saturated carbocycles. The molecule has 8 heteroatoms. The molecule has 0 fully saturated rings. The first-order valence-electron chi connectivity index (χ1n) is 6.59. The van der Waals surface area contributed by atoms with Crippen LogP contribution in [0.4, 0.5) is 5.95 Å². The topological polar surface area (TPSA) is 94.3 Å². The summed E-state index contributed by atoms with van der Waals surface area (Å²) in [7, 11) is 0. The van der Waals surface area contributed by atoms with E-state index in [4.69, 9.17) is 0 Å². The first-order chi connectivity index (χ1) is 10.3. The van der Waals surface area contributed by atoms with Crippen molar-refractivity contribution >= 4 is 5.95 Å². The molecule has 0 aliphatic heterocycles. The van der Waals surface area contributed by atoms with Gasteiger partial charge >= 0.3 is 0 Å². The van der Waals surface area contributed by atoms with Crippen LogP contribution in [0.5, 0.6) is 0 Å². The number of hydrogen-bond donors (Lipinski definition) is 1. The summed E-state index contributed by atoms with van der Waals surface area (Å²) >= 11 is 0. The van der Waals surface area contributed by atoms with Gasteiger partial charge in [-0.05, 0) is 19.1 Å². The van der Waals surface area contributed by atoms with Crippen LogP contribution in [0.3, 0.4) is 0 Å². The van der Waals surface area contributed by atoms with Crippen LogP contribution in [0.2, 0.25) is 0 Å². The summed E-state index contributed by atoms with van der Waals surface area (Å²) < 4.78 is 1.50. The zero-order valence-electron chi connectivity index (χ0n) is 11.5. The van der Waals surface area contributed by atoms with Gasteiger partial charge in [-0.1, -0.05) is 6.07 Å². The van der Waals surface area contributed by atoms with E-state index < -0.39 is 0 Å². The van der Waals surface area contributed by atoms with Crippen LogP contribution in [0.15, 0.2) is 37.1 Å². The van der Waals surface area contributed by atoms with Gasteiger partial charge in [-0.25, -0.2) is 4.98 Å². The van der Waals surface area contributed by atoms with Crippen molar-refractivity contribution in [2.45, 2.75) is 13.3 Å². The highest BCUT2D eigenvalue weighted by molar-refractivity contribution is 5.29. The van der Waals surface area contributed by atoms with Crippen molar-refractivity contribution in [3.8, 4) is 5.95 Å². The quantitative estimate of drug-likeness (QED) is 0.742. The van der Waals surface area contributed by atoms with Gasteiger partial charge in [0.05, 0.1) is 6.42 Å². The highest BCUT2D eigenvalue weighted by Gasteiger charge is 2.09. The molecule has 0 bridgehead atoms. The average molecular weight is 282 g/mol. The summed E-state index contributed by atoms with van der Waals surface area (Å²) in [6, 6.07) is 5.75. The monoisotopic (exact) mass is 282 g/mol. The summed E-state index contributed by atoms with van der Waals surface area (Å²) in [6.45, 7) is 2.71. The van der Waals surface area contributed by atoms with E-state index in [9.17, 15) is 0 Å². The maximum absolute atomic E-state index is 4.41. The molecule has 0 aromatic carbocycles. The van der Waals surface area contributed by atoms with Crippen LogP contribution in [-0.2, 0) is 6.42 Å². The molecule has 0 unspecified atom stereocenters. The van der Waals surface area contributed by atoms with Crippen molar-refractivity contribution in [3.63, 3.8) is 0 Å². The van der Waals surface area contributed by atoms with Gasteiger partial charge in [-0.15, -0.1) is 0 Å². The van der Waals surface area contributed by atoms with E-state index in [1.165, 1.54) is 11.0 Å². The van der Waals surface area contributed by atoms with Crippen molar-refractivity contribution in [1.82, 2.24) is 34.7 Å². The molecule has 0 radical (unpaired) electrons. The van der Waals surface area contributed by atoms with Gasteiger partial charge in [-0.2, -0.15) is 24.7 Å². The zero-order valence-corrected chi connectivity index (χ0v) is 11.5. The lowest BCUT2D eigenvalue weighted by molar-refractivity contribution is 0.769. The number of anilines is 1. The molecule has 3 rings (SSSR count). The average Bonchev–Trinajstić information content (AvgIpc) is 3.03. The summed E-state index contributed by atoms with van der Waals surface area (Å²) in [5.74, 6) is 1.58. The summed E-state index contributed by atoms with van der Waals surface area (Å²) in [5, 5.41) is 7.14. The second-order valence-electron chi connectivity index (χ2n) is 4.24. The second-order valence-corrected chi connectivity index (χ2v) is 4.24. The minimum absolute atomic E-state index is 0.435. The van der Waals surface area contributed by atoms with E-state index >= 15 is 0 Å². The Morgan fingerprint density at radius 2 is 2.14 bits per heavy atom. The molecule has 0 aliphatic rings. The molecule has 106 valence electrons. The van der Waals surface area contributed by atoms with Crippen LogP contribution >= 0.6 is 0 Å². The molecule has 0 aliphatic carbocycles. The van der Waals surface area contributed by atoms with Crippen LogP contribution in [-0.4, -0.2) is 41.2 Å². The lowest BCUT2D eigenvalue weighted by Crippen LogP contribution is -2.12. The molecule has 0 spiro atoms. The fourth-order valence-electron chi connectivity index (χ4n) is 1.80. The fourth-order valence-corrected chi connectivity index (χ4v) is 1.80. The maximum atomic E-state index is 4.41. The third-order valence-electron chi connectivity index (χ3n) is 2.69. The highest BCUT2D eigenvalue weighted by Crippen LogP contribution is 2.08. The van der Waals surface area contributed by atoms with Gasteiger partial charge in [0, 0.05) is 18.4 Å². The molecule has 3 heterocycles. The third kappa shape index (κ3) is 3.16. The van der Waals surface area contributed by atoms with E-state index in [2.05, 4.69) is 35.3 Å². The number of hydrogen-bond acceptors (Lipinski definition) is 7. The predicted molar refractivity (Wildman–Crippen MR) is 76.0 cm³/mol. The number of rotatable bonds is 5. The lowest BCUT2D eigenvalue weighted by atomic mass is 10.2. The SMILES string of the molecule is CCNc1nc(Cc2ccccn2)nc(-n2cncn2)n1. The van der Waals surface area contributed by atoms with Gasteiger partial charge in [0.1, 0.15) is 18.5 Å². The standard InChI is InChI=1S/C13H14N8/c1-2-15-12-18-11(7-10-5-3-4-6-16-10)19-13(20-12)21-9-14-8-17-21/h3-6,8-9H,2,7H2,1H3,(H,15,18,19,20). The van der Waals surface area contributed by atoms with Gasteiger partial charge < -0.3 is 5.32 Å². The normalized spacial score (nSPS) is 10.5. The van der Waals surface area contributed by atoms with E-state index in [0.717, 1.165) is 12.2 Å². The van der Waals surface area contributed by atoms with Gasteiger partial charge in [0.15, 0.2) is 0 Å². The Kier molecular flexibility index (Phi) is 3.77. The Morgan fingerprint density at radius 1 is 1.19 bits per heavy atom. The number of pyridine rings is 1. The Labute approximate surface area is 121 Å². The maximum Gasteiger partial charge on any atom is 0.257 e. The minimum Gasteiger partial charge on any atom is -0.354 e. The smallest absolute Gasteiger partial charge is 0.257 e. The molecule has 3 aromatic heterocycles. The van der Waals surface area contributed by atoms with Crippen LogP contribution in [0, 0.1) is 0 Å². The molecule has 1 N–H and O–H groups in total. The van der Waals surface area contributed by atoms with Crippen LogP contribution in [0.25, 0.3) is 5.95 Å². The van der Waals surface area contributed by atoms with Crippen LogP contribution < -0.4 is 5.32 Å². The number of nitrogens with zero attached hydrogens (tertiary/aromatic N) is 7. The molecule has 0 atom stereocenters. The third-order valence-corrected chi connectivity index (χ3v) is 2.69. The second kappa shape index (κ2) is 6.04. The molecule has 8 nitrogen and oxygen atoms in total. The number of nitrogens with one attached hydrogen (secondary N) is 1. The van der Waals surface area contributed by atoms with Crippen LogP contribution in [0.1, 0.15) is 18.4 Å². The molecule has 21 heavy (non-hydrogen) atoms. The van der Waals surface area contributed by atoms with Gasteiger partial charge in [0.2, 0.25) is 5.95 Å². The first-order valence-corrected chi connectivity index (χ1v) is 6.59. The molecular formula is C13H14N8. The van der Waals surface area contributed by atoms with Crippen molar-refractivity contribution in [2.75, 3.05) is 11.9 Å². The minimum atomic E-state index is 0.435. The number of aromatic nitrogens is 7. The Bertz CT molecular complexity index is 695. The highest BCUT2D eigenvalue weighted by atomic mass is 15.4. The van der Waals surface area contributed by atoms with Crippen molar-refractivity contribution in [2.24, 2.45) is 0 Å². The zero-order chi connectivity index (χ0) is 14.5. The van der Waals surface area contributed by atoms with Crippen molar-refractivity contribution in [3.05, 3.63) is 48.6 Å². The lowest BCUT2D eigenvalue weighted by Gasteiger charge is -2.07. The molecule has 0 saturated heterocycles. The van der Waals surface area contributed by atoms with Gasteiger partial charge in [0.25, 0.3) is 5.95 Å². The predicted octanol–water partition coefficient (Wildman–Crippen LogP) is 0.870. The summed E-state index contributed by atoms with van der Waals surface area (Å²) in [5.41, 5.74) is 0.899. The van der Waals surface area contributed by atoms with E-state index in [1.807, 2.05) is 25.1 Å². The van der Waals surface area contributed by atoms with Crippen molar-refractivity contribution in [1.29, 1.82) is 0 Å². The molecular weight excluding hydrogens is 268 g/mol. The van der Waals surface area contributed by atoms with E-state index in [-0.39, 0.29) is 0 Å². The van der Waals surface area contributed by atoms with Gasteiger partial charge in [-0.3, -0.25) is 4.98 Å². The van der Waals surface area contributed by atoms with Crippen molar-refractivity contribution < 1.29 is 0 Å². The molecule has 0 amide bonds. The Morgan fingerprint density at radius 3 is 2.86 bits per heavy atom. The fraction of sp³-hybridized carbons (Fsp3) is 0.231.